The average Bonchev–Trinajstić information content (AvgIpc) is 3.01. The van der Waals surface area contributed by atoms with E-state index in [0.717, 1.165) is 16.9 Å². The summed E-state index contributed by atoms with van der Waals surface area (Å²) in [4.78, 5) is 32.8. The number of rotatable bonds is 5. The molecule has 1 fully saturated rings. The monoisotopic (exact) mass is 359 g/mol. The fourth-order valence-corrected chi connectivity index (χ4v) is 3.08. The highest BCUT2D eigenvalue weighted by Gasteiger charge is 2.27. The number of aromatic nitrogens is 2. The van der Waals surface area contributed by atoms with Gasteiger partial charge in [0.15, 0.2) is 5.69 Å². The number of carbonyl (C=O) groups is 2. The van der Waals surface area contributed by atoms with Gasteiger partial charge in [-0.1, -0.05) is 6.07 Å². The molecule has 1 aliphatic rings. The molecule has 3 rings (SSSR count). The lowest BCUT2D eigenvalue weighted by Gasteiger charge is -2.27. The normalized spacial score (nSPS) is 16.2. The van der Waals surface area contributed by atoms with Crippen molar-refractivity contribution in [2.24, 2.45) is 5.73 Å². The summed E-state index contributed by atoms with van der Waals surface area (Å²) < 4.78 is 7.26. The van der Waals surface area contributed by atoms with Crippen molar-refractivity contribution >= 4 is 17.5 Å². The predicted molar refractivity (Wildman–Crippen MR) is 96.8 cm³/mol. The number of hydrogen-bond donors (Lipinski definition) is 1. The molecule has 2 aromatic heterocycles. The Bertz CT molecular complexity index is 826. The summed E-state index contributed by atoms with van der Waals surface area (Å²) in [5, 5.41) is 0. The van der Waals surface area contributed by atoms with E-state index >= 15 is 0 Å². The van der Waals surface area contributed by atoms with Gasteiger partial charge in [-0.3, -0.25) is 14.5 Å². The Morgan fingerprint density at radius 1 is 1.38 bits per heavy atom. The summed E-state index contributed by atoms with van der Waals surface area (Å²) in [5.74, 6) is -0.509. The summed E-state index contributed by atoms with van der Waals surface area (Å²) in [6.45, 7) is 6.28. The van der Waals surface area contributed by atoms with Crippen LogP contribution in [0.25, 0.3) is 5.65 Å². The molecule has 26 heavy (non-hydrogen) atoms. The van der Waals surface area contributed by atoms with Crippen LogP contribution in [0.5, 0.6) is 0 Å². The SMILES string of the molecule is Cc1cccn2c(CN(C)[C@@H](C)C(N)=O)c(C(=O)N3CCOCC3)nc12. The number of hydrogen-bond acceptors (Lipinski definition) is 5. The number of pyridine rings is 1. The van der Waals surface area contributed by atoms with Crippen LogP contribution in [0, 0.1) is 6.92 Å². The van der Waals surface area contributed by atoms with E-state index < -0.39 is 11.9 Å². The first kappa shape index (κ1) is 18.3. The summed E-state index contributed by atoms with van der Waals surface area (Å²) >= 11 is 0. The fourth-order valence-electron chi connectivity index (χ4n) is 3.08. The highest BCUT2D eigenvalue weighted by atomic mass is 16.5. The molecule has 2 amide bonds. The molecule has 3 heterocycles. The number of likely N-dealkylation sites (N-methyl/N-ethyl adjacent to an activating group) is 1. The van der Waals surface area contributed by atoms with Gasteiger partial charge in [-0.05, 0) is 32.5 Å². The van der Waals surface area contributed by atoms with Crippen LogP contribution < -0.4 is 5.73 Å². The zero-order chi connectivity index (χ0) is 18.8. The number of morpholine rings is 1. The van der Waals surface area contributed by atoms with Crippen LogP contribution in [0.2, 0.25) is 0 Å². The molecule has 0 bridgehead atoms. The highest BCUT2D eigenvalue weighted by molar-refractivity contribution is 5.94. The van der Waals surface area contributed by atoms with Crippen molar-refractivity contribution in [3.8, 4) is 0 Å². The van der Waals surface area contributed by atoms with E-state index in [2.05, 4.69) is 4.98 Å². The van der Waals surface area contributed by atoms with Crippen LogP contribution in [0.1, 0.15) is 28.7 Å². The lowest BCUT2D eigenvalue weighted by molar-refractivity contribution is -0.122. The van der Waals surface area contributed by atoms with Crippen molar-refractivity contribution in [2.45, 2.75) is 26.4 Å². The molecule has 8 nitrogen and oxygen atoms in total. The van der Waals surface area contributed by atoms with Crippen LogP contribution in [-0.2, 0) is 16.1 Å². The topological polar surface area (TPSA) is 93.2 Å². The molecule has 0 unspecified atom stereocenters. The van der Waals surface area contributed by atoms with Gasteiger partial charge in [0.25, 0.3) is 5.91 Å². The Kier molecular flexibility index (Phi) is 5.24. The third-order valence-corrected chi connectivity index (χ3v) is 4.92. The lowest BCUT2D eigenvalue weighted by Crippen LogP contribution is -2.42. The van der Waals surface area contributed by atoms with Crippen LogP contribution in [-0.4, -0.2) is 70.4 Å². The lowest BCUT2D eigenvalue weighted by atomic mass is 10.2. The van der Waals surface area contributed by atoms with Crippen molar-refractivity contribution in [3.63, 3.8) is 0 Å². The van der Waals surface area contributed by atoms with Gasteiger partial charge in [0.2, 0.25) is 5.91 Å². The van der Waals surface area contributed by atoms with Gasteiger partial charge < -0.3 is 19.8 Å². The smallest absolute Gasteiger partial charge is 0.274 e. The number of nitrogens with two attached hydrogens (primary N) is 1. The molecule has 0 aromatic carbocycles. The molecule has 1 aliphatic heterocycles. The summed E-state index contributed by atoms with van der Waals surface area (Å²) in [6, 6.07) is 3.44. The molecule has 0 saturated carbocycles. The first-order valence-corrected chi connectivity index (χ1v) is 8.73. The Balaban J connectivity index is 2.02. The third-order valence-electron chi connectivity index (χ3n) is 4.92. The minimum absolute atomic E-state index is 0.105. The number of carbonyl (C=O) groups excluding carboxylic acids is 2. The second-order valence-corrected chi connectivity index (χ2v) is 6.69. The molecule has 2 N–H and O–H groups in total. The molecule has 0 spiro atoms. The van der Waals surface area contributed by atoms with Crippen molar-refractivity contribution in [2.75, 3.05) is 33.4 Å². The molecule has 1 atom stereocenters. The standard InChI is InChI=1S/C18H25N5O3/c1-12-5-4-6-23-14(11-21(3)13(2)16(19)24)15(20-17(12)23)18(25)22-7-9-26-10-8-22/h4-6,13H,7-11H2,1-3H3,(H2,19,24)/t13-/m0/s1. The van der Waals surface area contributed by atoms with Gasteiger partial charge in [0, 0.05) is 25.8 Å². The number of ether oxygens (including phenoxy) is 1. The second kappa shape index (κ2) is 7.43. The van der Waals surface area contributed by atoms with Gasteiger partial charge in [0.1, 0.15) is 5.65 Å². The van der Waals surface area contributed by atoms with E-state index in [9.17, 15) is 9.59 Å². The Hall–Kier alpha value is -2.45. The van der Waals surface area contributed by atoms with Gasteiger partial charge in [-0.25, -0.2) is 4.98 Å². The maximum atomic E-state index is 13.1. The number of imidazole rings is 1. The van der Waals surface area contributed by atoms with E-state index in [-0.39, 0.29) is 5.91 Å². The first-order chi connectivity index (χ1) is 12.4. The van der Waals surface area contributed by atoms with E-state index in [1.54, 1.807) is 11.8 Å². The molecule has 8 heteroatoms. The number of fused-ring (bicyclic) bond motifs is 1. The van der Waals surface area contributed by atoms with E-state index in [1.165, 1.54) is 0 Å². The molecular formula is C18H25N5O3. The zero-order valence-corrected chi connectivity index (χ0v) is 15.4. The van der Waals surface area contributed by atoms with Crippen molar-refractivity contribution < 1.29 is 14.3 Å². The highest BCUT2D eigenvalue weighted by Crippen LogP contribution is 2.20. The molecular weight excluding hydrogens is 334 g/mol. The molecule has 140 valence electrons. The Morgan fingerprint density at radius 2 is 2.08 bits per heavy atom. The van der Waals surface area contributed by atoms with Crippen molar-refractivity contribution in [3.05, 3.63) is 35.3 Å². The fraction of sp³-hybridized carbons (Fsp3) is 0.500. The third kappa shape index (κ3) is 3.42. The maximum absolute atomic E-state index is 13.1. The Morgan fingerprint density at radius 3 is 2.73 bits per heavy atom. The number of primary amides is 1. The predicted octanol–water partition coefficient (Wildman–Crippen LogP) is 0.421. The van der Waals surface area contributed by atoms with Gasteiger partial charge in [-0.2, -0.15) is 0 Å². The van der Waals surface area contributed by atoms with Gasteiger partial charge in [-0.15, -0.1) is 0 Å². The summed E-state index contributed by atoms with van der Waals surface area (Å²) in [5.41, 5.74) is 8.34. The number of nitrogens with zero attached hydrogens (tertiary/aromatic N) is 4. The van der Waals surface area contributed by atoms with Gasteiger partial charge in [0.05, 0.1) is 24.9 Å². The van der Waals surface area contributed by atoms with Crippen LogP contribution in [0.3, 0.4) is 0 Å². The van der Waals surface area contributed by atoms with Crippen molar-refractivity contribution in [1.29, 1.82) is 0 Å². The molecule has 0 radical (unpaired) electrons. The summed E-state index contributed by atoms with van der Waals surface area (Å²) in [6.07, 6.45) is 1.89. The van der Waals surface area contributed by atoms with Crippen LogP contribution in [0.4, 0.5) is 0 Å². The zero-order valence-electron chi connectivity index (χ0n) is 15.4. The molecule has 0 aliphatic carbocycles. The Labute approximate surface area is 152 Å². The maximum Gasteiger partial charge on any atom is 0.274 e. The van der Waals surface area contributed by atoms with Crippen LogP contribution >= 0.6 is 0 Å². The quantitative estimate of drug-likeness (QED) is 0.835. The first-order valence-electron chi connectivity index (χ1n) is 8.73. The second-order valence-electron chi connectivity index (χ2n) is 6.69. The van der Waals surface area contributed by atoms with Crippen LogP contribution in [0.15, 0.2) is 18.3 Å². The number of aryl methyl sites for hydroxylation is 1. The minimum Gasteiger partial charge on any atom is -0.378 e. The summed E-state index contributed by atoms with van der Waals surface area (Å²) in [7, 11) is 1.81. The number of amides is 2. The molecule has 2 aromatic rings. The average molecular weight is 359 g/mol. The van der Waals surface area contributed by atoms with Crippen molar-refractivity contribution in [1.82, 2.24) is 19.2 Å². The van der Waals surface area contributed by atoms with E-state index in [1.807, 2.05) is 41.6 Å². The largest absolute Gasteiger partial charge is 0.378 e. The molecule has 1 saturated heterocycles. The minimum atomic E-state index is -0.448. The van der Waals surface area contributed by atoms with Gasteiger partial charge >= 0.3 is 0 Å². The van der Waals surface area contributed by atoms with E-state index in [4.69, 9.17) is 10.5 Å². The van der Waals surface area contributed by atoms with E-state index in [0.29, 0.717) is 38.5 Å².